The molecule has 0 bridgehead atoms. The first kappa shape index (κ1) is 11.9. The Morgan fingerprint density at radius 2 is 2.12 bits per heavy atom. The molecule has 2 nitrogen and oxygen atoms in total. The van der Waals surface area contributed by atoms with E-state index >= 15 is 0 Å². The minimum Gasteiger partial charge on any atom is -0.469 e. The fourth-order valence-electron chi connectivity index (χ4n) is 1.96. The number of benzene rings is 1. The molecule has 1 heterocycles. The molecule has 0 amide bonds. The number of hydrogen-bond acceptors (Lipinski definition) is 2. The summed E-state index contributed by atoms with van der Waals surface area (Å²) in [5.74, 6) is 1.01. The summed E-state index contributed by atoms with van der Waals surface area (Å²) in [4.78, 5) is 0. The third-order valence-corrected chi connectivity index (χ3v) is 3.07. The van der Waals surface area contributed by atoms with Gasteiger partial charge in [-0.15, -0.1) is 0 Å². The Kier molecular flexibility index (Phi) is 3.99. The van der Waals surface area contributed by atoms with Gasteiger partial charge in [-0.1, -0.05) is 31.2 Å². The Morgan fingerprint density at radius 3 is 2.82 bits per heavy atom. The Balaban J connectivity index is 1.96. The van der Waals surface area contributed by atoms with Crippen LogP contribution in [-0.4, -0.2) is 0 Å². The van der Waals surface area contributed by atoms with Gasteiger partial charge in [-0.3, -0.25) is 0 Å². The highest BCUT2D eigenvalue weighted by Gasteiger charge is 2.07. The van der Waals surface area contributed by atoms with E-state index in [0.717, 1.165) is 25.0 Å². The van der Waals surface area contributed by atoms with Gasteiger partial charge in [-0.05, 0) is 36.1 Å². The third-order valence-electron chi connectivity index (χ3n) is 3.07. The SMILES string of the molecule is CCc1cccc(C(N)CCc2ccco2)c1. The molecule has 2 rings (SSSR count). The second-order valence-corrected chi connectivity index (χ2v) is 4.32. The van der Waals surface area contributed by atoms with Crippen molar-refractivity contribution in [2.24, 2.45) is 5.73 Å². The lowest BCUT2D eigenvalue weighted by Gasteiger charge is -2.12. The highest BCUT2D eigenvalue weighted by atomic mass is 16.3. The van der Waals surface area contributed by atoms with Crippen LogP contribution in [0.25, 0.3) is 0 Å². The smallest absolute Gasteiger partial charge is 0.103 e. The van der Waals surface area contributed by atoms with Crippen molar-refractivity contribution >= 4 is 0 Å². The van der Waals surface area contributed by atoms with Gasteiger partial charge >= 0.3 is 0 Å². The lowest BCUT2D eigenvalue weighted by atomic mass is 9.99. The van der Waals surface area contributed by atoms with Crippen LogP contribution in [-0.2, 0) is 12.8 Å². The van der Waals surface area contributed by atoms with Crippen molar-refractivity contribution in [1.29, 1.82) is 0 Å². The molecular weight excluding hydrogens is 210 g/mol. The normalized spacial score (nSPS) is 12.6. The van der Waals surface area contributed by atoms with Crippen molar-refractivity contribution in [1.82, 2.24) is 0 Å². The fraction of sp³-hybridized carbons (Fsp3) is 0.333. The van der Waals surface area contributed by atoms with Crippen molar-refractivity contribution in [2.75, 3.05) is 0 Å². The number of nitrogens with two attached hydrogens (primary N) is 1. The summed E-state index contributed by atoms with van der Waals surface area (Å²) in [6.07, 6.45) is 4.57. The van der Waals surface area contributed by atoms with Crippen molar-refractivity contribution < 1.29 is 4.42 Å². The van der Waals surface area contributed by atoms with E-state index in [-0.39, 0.29) is 6.04 Å². The van der Waals surface area contributed by atoms with Gasteiger partial charge in [0.2, 0.25) is 0 Å². The molecule has 1 unspecified atom stereocenters. The van der Waals surface area contributed by atoms with Crippen LogP contribution in [0.15, 0.2) is 47.1 Å². The van der Waals surface area contributed by atoms with Crippen LogP contribution in [0.2, 0.25) is 0 Å². The topological polar surface area (TPSA) is 39.2 Å². The van der Waals surface area contributed by atoms with E-state index in [2.05, 4.69) is 31.2 Å². The van der Waals surface area contributed by atoms with E-state index in [4.69, 9.17) is 10.2 Å². The van der Waals surface area contributed by atoms with Gasteiger partial charge in [0.05, 0.1) is 6.26 Å². The summed E-state index contributed by atoms with van der Waals surface area (Å²) >= 11 is 0. The van der Waals surface area contributed by atoms with Gasteiger partial charge < -0.3 is 10.2 Å². The Bertz CT molecular complexity index is 448. The van der Waals surface area contributed by atoms with Crippen molar-refractivity contribution in [3.63, 3.8) is 0 Å². The molecule has 0 spiro atoms. The molecule has 1 aromatic carbocycles. The maximum absolute atomic E-state index is 6.19. The van der Waals surface area contributed by atoms with E-state index in [1.165, 1.54) is 11.1 Å². The quantitative estimate of drug-likeness (QED) is 0.852. The van der Waals surface area contributed by atoms with Crippen LogP contribution in [0.5, 0.6) is 0 Å². The molecule has 17 heavy (non-hydrogen) atoms. The zero-order chi connectivity index (χ0) is 12.1. The van der Waals surface area contributed by atoms with E-state index < -0.39 is 0 Å². The summed E-state index contributed by atoms with van der Waals surface area (Å²) in [6.45, 7) is 2.16. The van der Waals surface area contributed by atoms with Gasteiger partial charge in [0.1, 0.15) is 5.76 Å². The minimum absolute atomic E-state index is 0.0894. The van der Waals surface area contributed by atoms with Crippen LogP contribution in [0.4, 0.5) is 0 Å². The number of aryl methyl sites for hydroxylation is 2. The average Bonchev–Trinajstić information content (AvgIpc) is 2.89. The van der Waals surface area contributed by atoms with Gasteiger partial charge in [0.15, 0.2) is 0 Å². The van der Waals surface area contributed by atoms with E-state index in [0.29, 0.717) is 0 Å². The molecule has 1 aromatic heterocycles. The molecule has 2 aromatic rings. The first-order chi connectivity index (χ1) is 8.29. The molecular formula is C15H19NO. The molecule has 0 aliphatic carbocycles. The first-order valence-corrected chi connectivity index (χ1v) is 6.16. The van der Waals surface area contributed by atoms with Crippen LogP contribution >= 0.6 is 0 Å². The number of hydrogen-bond donors (Lipinski definition) is 1. The lowest BCUT2D eigenvalue weighted by Crippen LogP contribution is -2.11. The largest absolute Gasteiger partial charge is 0.469 e. The zero-order valence-corrected chi connectivity index (χ0v) is 10.2. The molecule has 0 saturated heterocycles. The molecule has 90 valence electrons. The lowest BCUT2D eigenvalue weighted by molar-refractivity contribution is 0.488. The molecule has 0 radical (unpaired) electrons. The number of rotatable bonds is 5. The van der Waals surface area contributed by atoms with Crippen LogP contribution in [0.1, 0.15) is 36.3 Å². The second-order valence-electron chi connectivity index (χ2n) is 4.32. The molecule has 0 aliphatic rings. The van der Waals surface area contributed by atoms with Gasteiger partial charge in [-0.2, -0.15) is 0 Å². The van der Waals surface area contributed by atoms with Crippen LogP contribution < -0.4 is 5.73 Å². The summed E-state index contributed by atoms with van der Waals surface area (Å²) in [6, 6.07) is 12.5. The summed E-state index contributed by atoms with van der Waals surface area (Å²) in [7, 11) is 0. The van der Waals surface area contributed by atoms with Crippen LogP contribution in [0, 0.1) is 0 Å². The van der Waals surface area contributed by atoms with Gasteiger partial charge in [-0.25, -0.2) is 0 Å². The summed E-state index contributed by atoms with van der Waals surface area (Å²) in [5.41, 5.74) is 8.76. The summed E-state index contributed by atoms with van der Waals surface area (Å²) < 4.78 is 5.31. The molecule has 0 aliphatic heterocycles. The van der Waals surface area contributed by atoms with Crippen molar-refractivity contribution in [3.05, 3.63) is 59.5 Å². The zero-order valence-electron chi connectivity index (χ0n) is 10.2. The monoisotopic (exact) mass is 229 g/mol. The maximum Gasteiger partial charge on any atom is 0.103 e. The highest BCUT2D eigenvalue weighted by molar-refractivity contribution is 5.25. The van der Waals surface area contributed by atoms with Gasteiger partial charge in [0.25, 0.3) is 0 Å². The standard InChI is InChI=1S/C15H19NO/c1-2-12-5-3-6-13(11-12)15(16)9-8-14-7-4-10-17-14/h3-7,10-11,15H,2,8-9,16H2,1H3. The molecule has 1 atom stereocenters. The van der Waals surface area contributed by atoms with E-state index in [1.807, 2.05) is 12.1 Å². The molecule has 0 saturated carbocycles. The minimum atomic E-state index is 0.0894. The predicted octanol–water partition coefficient (Wildman–Crippen LogP) is 3.47. The van der Waals surface area contributed by atoms with Gasteiger partial charge in [0, 0.05) is 12.5 Å². The maximum atomic E-state index is 6.19. The molecule has 0 fully saturated rings. The predicted molar refractivity (Wildman–Crippen MR) is 69.8 cm³/mol. The van der Waals surface area contributed by atoms with Crippen molar-refractivity contribution in [3.8, 4) is 0 Å². The van der Waals surface area contributed by atoms with E-state index in [1.54, 1.807) is 6.26 Å². The summed E-state index contributed by atoms with van der Waals surface area (Å²) in [5, 5.41) is 0. The molecule has 2 N–H and O–H groups in total. The Hall–Kier alpha value is -1.54. The Labute approximate surface area is 102 Å². The molecule has 2 heteroatoms. The van der Waals surface area contributed by atoms with Crippen LogP contribution in [0.3, 0.4) is 0 Å². The highest BCUT2D eigenvalue weighted by Crippen LogP contribution is 2.18. The Morgan fingerprint density at radius 1 is 1.24 bits per heavy atom. The van der Waals surface area contributed by atoms with Crippen molar-refractivity contribution in [2.45, 2.75) is 32.2 Å². The first-order valence-electron chi connectivity index (χ1n) is 6.16. The second kappa shape index (κ2) is 5.69. The number of furan rings is 1. The average molecular weight is 229 g/mol. The fourth-order valence-corrected chi connectivity index (χ4v) is 1.96. The van der Waals surface area contributed by atoms with E-state index in [9.17, 15) is 0 Å². The third kappa shape index (κ3) is 3.21.